The second-order valence-corrected chi connectivity index (χ2v) is 4.97. The number of aryl methyl sites for hydroxylation is 1. The van der Waals surface area contributed by atoms with Gasteiger partial charge in [-0.25, -0.2) is 0 Å². The van der Waals surface area contributed by atoms with Crippen LogP contribution in [-0.4, -0.2) is 25.6 Å². The molecule has 0 unspecified atom stereocenters. The predicted molar refractivity (Wildman–Crippen MR) is 68.5 cm³/mol. The lowest BCUT2D eigenvalue weighted by Crippen LogP contribution is -2.50. The first kappa shape index (κ1) is 11.5. The van der Waals surface area contributed by atoms with Crippen molar-refractivity contribution in [3.8, 4) is 5.75 Å². The number of nitrogens with one attached hydrogen (secondary N) is 2. The summed E-state index contributed by atoms with van der Waals surface area (Å²) in [5.74, 6) is 1.31. The SMILES string of the molecule is O=C(NCc1ccc2c(c1)CCCO2)C1CNC1. The van der Waals surface area contributed by atoms with E-state index in [0.717, 1.165) is 43.9 Å². The Kier molecular flexibility index (Phi) is 3.19. The molecule has 0 atom stereocenters. The quantitative estimate of drug-likeness (QED) is 0.831. The molecule has 2 N–H and O–H groups in total. The number of benzene rings is 1. The fourth-order valence-corrected chi connectivity index (χ4v) is 2.33. The predicted octanol–water partition coefficient (Wildman–Crippen LogP) is 0.847. The van der Waals surface area contributed by atoms with Crippen LogP contribution in [0.4, 0.5) is 0 Å². The summed E-state index contributed by atoms with van der Waals surface area (Å²) in [6.07, 6.45) is 2.15. The molecule has 1 aromatic carbocycles. The highest BCUT2D eigenvalue weighted by atomic mass is 16.5. The van der Waals surface area contributed by atoms with E-state index < -0.39 is 0 Å². The molecule has 0 aliphatic carbocycles. The maximum atomic E-state index is 11.7. The van der Waals surface area contributed by atoms with E-state index in [4.69, 9.17) is 4.74 Å². The number of hydrogen-bond acceptors (Lipinski definition) is 3. The van der Waals surface area contributed by atoms with Crippen LogP contribution in [0, 0.1) is 5.92 Å². The molecule has 0 spiro atoms. The molecular weight excluding hydrogens is 228 g/mol. The minimum absolute atomic E-state index is 0.155. The largest absolute Gasteiger partial charge is 0.493 e. The molecule has 4 heteroatoms. The standard InChI is InChI=1S/C14H18N2O2/c17-14(12-8-15-9-12)16-7-10-3-4-13-11(6-10)2-1-5-18-13/h3-4,6,12,15H,1-2,5,7-9H2,(H,16,17). The van der Waals surface area contributed by atoms with E-state index in [9.17, 15) is 4.79 Å². The highest BCUT2D eigenvalue weighted by molar-refractivity contribution is 5.80. The first-order valence-electron chi connectivity index (χ1n) is 6.56. The van der Waals surface area contributed by atoms with Crippen molar-refractivity contribution in [3.63, 3.8) is 0 Å². The van der Waals surface area contributed by atoms with E-state index in [-0.39, 0.29) is 11.8 Å². The number of amides is 1. The van der Waals surface area contributed by atoms with Gasteiger partial charge in [0.25, 0.3) is 0 Å². The Morgan fingerprint density at radius 2 is 2.33 bits per heavy atom. The zero-order valence-corrected chi connectivity index (χ0v) is 10.4. The van der Waals surface area contributed by atoms with E-state index in [1.165, 1.54) is 5.56 Å². The van der Waals surface area contributed by atoms with Gasteiger partial charge in [-0.15, -0.1) is 0 Å². The molecule has 0 radical (unpaired) electrons. The number of carbonyl (C=O) groups is 1. The van der Waals surface area contributed by atoms with Crippen LogP contribution in [-0.2, 0) is 17.8 Å². The minimum atomic E-state index is 0.155. The topological polar surface area (TPSA) is 50.4 Å². The monoisotopic (exact) mass is 246 g/mol. The Morgan fingerprint density at radius 1 is 1.44 bits per heavy atom. The average molecular weight is 246 g/mol. The molecule has 1 amide bonds. The lowest BCUT2D eigenvalue weighted by Gasteiger charge is -2.26. The van der Waals surface area contributed by atoms with Gasteiger partial charge in [-0.3, -0.25) is 4.79 Å². The molecule has 0 bridgehead atoms. The van der Waals surface area contributed by atoms with Crippen LogP contribution in [0.25, 0.3) is 0 Å². The van der Waals surface area contributed by atoms with E-state index >= 15 is 0 Å². The molecule has 4 nitrogen and oxygen atoms in total. The van der Waals surface area contributed by atoms with Gasteiger partial charge in [0, 0.05) is 19.6 Å². The number of carbonyl (C=O) groups excluding carboxylic acids is 1. The third-order valence-electron chi connectivity index (χ3n) is 3.59. The first-order chi connectivity index (χ1) is 8.83. The van der Waals surface area contributed by atoms with Crippen molar-refractivity contribution < 1.29 is 9.53 Å². The van der Waals surface area contributed by atoms with Gasteiger partial charge in [-0.2, -0.15) is 0 Å². The van der Waals surface area contributed by atoms with Gasteiger partial charge in [-0.05, 0) is 30.0 Å². The van der Waals surface area contributed by atoms with Crippen molar-refractivity contribution in [2.45, 2.75) is 19.4 Å². The Hall–Kier alpha value is -1.55. The molecule has 0 saturated carbocycles. The molecular formula is C14H18N2O2. The van der Waals surface area contributed by atoms with Gasteiger partial charge < -0.3 is 15.4 Å². The molecule has 18 heavy (non-hydrogen) atoms. The van der Waals surface area contributed by atoms with Crippen LogP contribution in [0.2, 0.25) is 0 Å². The van der Waals surface area contributed by atoms with Crippen LogP contribution in [0.3, 0.4) is 0 Å². The Labute approximate surface area is 107 Å². The molecule has 1 fully saturated rings. The summed E-state index contributed by atoms with van der Waals surface area (Å²) in [6.45, 7) is 3.05. The zero-order valence-electron chi connectivity index (χ0n) is 10.4. The second kappa shape index (κ2) is 4.98. The van der Waals surface area contributed by atoms with Crippen molar-refractivity contribution in [1.82, 2.24) is 10.6 Å². The van der Waals surface area contributed by atoms with Crippen molar-refractivity contribution in [3.05, 3.63) is 29.3 Å². The van der Waals surface area contributed by atoms with E-state index in [1.807, 2.05) is 12.1 Å². The van der Waals surface area contributed by atoms with Gasteiger partial charge in [0.15, 0.2) is 0 Å². The summed E-state index contributed by atoms with van der Waals surface area (Å²) in [6, 6.07) is 6.19. The summed E-state index contributed by atoms with van der Waals surface area (Å²) >= 11 is 0. The summed E-state index contributed by atoms with van der Waals surface area (Å²) in [7, 11) is 0. The Morgan fingerprint density at radius 3 is 3.11 bits per heavy atom. The van der Waals surface area contributed by atoms with Crippen LogP contribution in [0.1, 0.15) is 17.5 Å². The number of ether oxygens (including phenoxy) is 1. The van der Waals surface area contributed by atoms with E-state index in [0.29, 0.717) is 6.54 Å². The van der Waals surface area contributed by atoms with Crippen LogP contribution < -0.4 is 15.4 Å². The van der Waals surface area contributed by atoms with E-state index in [1.54, 1.807) is 0 Å². The second-order valence-electron chi connectivity index (χ2n) is 4.97. The van der Waals surface area contributed by atoms with Crippen molar-refractivity contribution in [2.24, 2.45) is 5.92 Å². The average Bonchev–Trinajstić information content (AvgIpc) is 2.34. The zero-order chi connectivity index (χ0) is 12.4. The Balaban J connectivity index is 1.60. The lowest BCUT2D eigenvalue weighted by molar-refractivity contribution is -0.126. The maximum absolute atomic E-state index is 11.7. The van der Waals surface area contributed by atoms with Gasteiger partial charge in [0.1, 0.15) is 5.75 Å². The first-order valence-corrected chi connectivity index (χ1v) is 6.56. The van der Waals surface area contributed by atoms with Gasteiger partial charge in [-0.1, -0.05) is 12.1 Å². The molecule has 2 aliphatic rings. The highest BCUT2D eigenvalue weighted by Gasteiger charge is 2.24. The summed E-state index contributed by atoms with van der Waals surface area (Å²) in [5.41, 5.74) is 2.41. The number of rotatable bonds is 3. The fraction of sp³-hybridized carbons (Fsp3) is 0.500. The van der Waals surface area contributed by atoms with Crippen LogP contribution in [0.15, 0.2) is 18.2 Å². The summed E-state index contributed by atoms with van der Waals surface area (Å²) in [4.78, 5) is 11.7. The molecule has 2 aliphatic heterocycles. The molecule has 96 valence electrons. The molecule has 0 aromatic heterocycles. The number of hydrogen-bond donors (Lipinski definition) is 2. The molecule has 1 saturated heterocycles. The lowest BCUT2D eigenvalue weighted by atomic mass is 10.0. The van der Waals surface area contributed by atoms with Crippen molar-refractivity contribution >= 4 is 5.91 Å². The normalized spacial score (nSPS) is 18.4. The molecule has 2 heterocycles. The Bertz CT molecular complexity index is 455. The minimum Gasteiger partial charge on any atom is -0.493 e. The van der Waals surface area contributed by atoms with Crippen LogP contribution in [0.5, 0.6) is 5.75 Å². The third kappa shape index (κ3) is 2.34. The van der Waals surface area contributed by atoms with Crippen LogP contribution >= 0.6 is 0 Å². The summed E-state index contributed by atoms with van der Waals surface area (Å²) in [5, 5.41) is 6.09. The maximum Gasteiger partial charge on any atom is 0.225 e. The van der Waals surface area contributed by atoms with E-state index in [2.05, 4.69) is 16.7 Å². The molecule has 1 aromatic rings. The number of fused-ring (bicyclic) bond motifs is 1. The molecule has 3 rings (SSSR count). The fourth-order valence-electron chi connectivity index (χ4n) is 2.33. The highest BCUT2D eigenvalue weighted by Crippen LogP contribution is 2.25. The summed E-state index contributed by atoms with van der Waals surface area (Å²) < 4.78 is 5.57. The third-order valence-corrected chi connectivity index (χ3v) is 3.59. The van der Waals surface area contributed by atoms with Crippen molar-refractivity contribution in [1.29, 1.82) is 0 Å². The smallest absolute Gasteiger partial charge is 0.225 e. The van der Waals surface area contributed by atoms with Gasteiger partial charge >= 0.3 is 0 Å². The van der Waals surface area contributed by atoms with Crippen molar-refractivity contribution in [2.75, 3.05) is 19.7 Å². The van der Waals surface area contributed by atoms with Gasteiger partial charge in [0.2, 0.25) is 5.91 Å². The van der Waals surface area contributed by atoms with Gasteiger partial charge in [0.05, 0.1) is 12.5 Å².